The van der Waals surface area contributed by atoms with Crippen molar-refractivity contribution in [3.63, 3.8) is 0 Å². The molecule has 4 rings (SSSR count). The van der Waals surface area contributed by atoms with Crippen LogP contribution in [0.2, 0.25) is 0 Å². The fraction of sp³-hybridized carbons (Fsp3) is 0.185. The van der Waals surface area contributed by atoms with Crippen molar-refractivity contribution in [3.8, 4) is 16.9 Å². The van der Waals surface area contributed by atoms with Crippen LogP contribution < -0.4 is 4.74 Å². The van der Waals surface area contributed by atoms with Gasteiger partial charge in [-0.1, -0.05) is 29.8 Å². The third-order valence-electron chi connectivity index (χ3n) is 5.75. The van der Waals surface area contributed by atoms with E-state index in [0.29, 0.717) is 0 Å². The summed E-state index contributed by atoms with van der Waals surface area (Å²) in [6.07, 6.45) is -3.75. The molecule has 0 aliphatic carbocycles. The number of aryl methyl sites for hydroxylation is 3. The van der Waals surface area contributed by atoms with Crippen molar-refractivity contribution in [2.75, 3.05) is 0 Å². The molecule has 0 fully saturated rings. The van der Waals surface area contributed by atoms with E-state index in [4.69, 9.17) is 4.74 Å². The van der Waals surface area contributed by atoms with E-state index in [-0.39, 0.29) is 5.39 Å². The number of benzene rings is 4. The summed E-state index contributed by atoms with van der Waals surface area (Å²) in [5, 5.41) is -0.681. The Kier molecular flexibility index (Phi) is 5.64. The Morgan fingerprint density at radius 3 is 1.88 bits per heavy atom. The molecule has 1 nitrogen and oxygen atoms in total. The summed E-state index contributed by atoms with van der Waals surface area (Å²) in [6, 6.07) is 12.8. The summed E-state index contributed by atoms with van der Waals surface area (Å²) in [6.45, 7) is 7.03. The van der Waals surface area contributed by atoms with Crippen molar-refractivity contribution in [1.82, 2.24) is 0 Å². The molecule has 0 atom stereocenters. The van der Waals surface area contributed by atoms with Crippen LogP contribution in [0.4, 0.5) is 22.0 Å². The van der Waals surface area contributed by atoms with Gasteiger partial charge in [-0.3, -0.25) is 0 Å². The van der Waals surface area contributed by atoms with Crippen molar-refractivity contribution in [1.29, 1.82) is 0 Å². The summed E-state index contributed by atoms with van der Waals surface area (Å²) in [5.74, 6) is -4.03. The number of ether oxygens (including phenoxy) is 1. The van der Waals surface area contributed by atoms with Gasteiger partial charge in [-0.05, 0) is 80.3 Å². The topological polar surface area (TPSA) is 9.23 Å². The highest BCUT2D eigenvalue weighted by atomic mass is 19.3. The second-order valence-electron chi connectivity index (χ2n) is 8.24. The largest absolute Gasteiger partial charge is 0.429 e. The lowest BCUT2D eigenvalue weighted by atomic mass is 9.93. The van der Waals surface area contributed by atoms with Crippen LogP contribution in [0.15, 0.2) is 54.6 Å². The second-order valence-corrected chi connectivity index (χ2v) is 8.24. The predicted octanol–water partition coefficient (Wildman–Crippen LogP) is 8.29. The zero-order valence-electron chi connectivity index (χ0n) is 18.5. The smallest absolute Gasteiger partial charge is 0.426 e. The number of halogens is 5. The van der Waals surface area contributed by atoms with Gasteiger partial charge in [0.1, 0.15) is 11.6 Å². The SMILES string of the molecule is Cc1cc(C)c(-c2ccc(C(F)(F)Oc3ccc4c(F)c(C)c(F)c(F)c4c3)cc2)c(C)c1. The Bertz CT molecular complexity index is 1350. The first-order valence-electron chi connectivity index (χ1n) is 10.3. The summed E-state index contributed by atoms with van der Waals surface area (Å²) in [7, 11) is 0. The first kappa shape index (κ1) is 22.8. The van der Waals surface area contributed by atoms with E-state index in [0.717, 1.165) is 52.9 Å². The quantitative estimate of drug-likeness (QED) is 0.222. The van der Waals surface area contributed by atoms with Gasteiger partial charge >= 0.3 is 6.11 Å². The van der Waals surface area contributed by atoms with Gasteiger partial charge in [-0.15, -0.1) is 0 Å². The molecule has 0 heterocycles. The molecule has 0 spiro atoms. The molecule has 0 N–H and O–H groups in total. The van der Waals surface area contributed by atoms with Crippen LogP contribution in [-0.2, 0) is 6.11 Å². The van der Waals surface area contributed by atoms with Crippen molar-refractivity contribution in [2.24, 2.45) is 0 Å². The number of hydrogen-bond acceptors (Lipinski definition) is 1. The Morgan fingerprint density at radius 1 is 0.667 bits per heavy atom. The molecule has 0 amide bonds. The summed E-state index contributed by atoms with van der Waals surface area (Å²) < 4.78 is 76.9. The zero-order valence-corrected chi connectivity index (χ0v) is 18.5. The third-order valence-corrected chi connectivity index (χ3v) is 5.75. The highest BCUT2D eigenvalue weighted by Crippen LogP contribution is 2.37. The maximum absolute atomic E-state index is 14.8. The monoisotopic (exact) mass is 456 g/mol. The normalized spacial score (nSPS) is 11.8. The summed E-state index contributed by atoms with van der Waals surface area (Å²) in [5.41, 5.74) is 4.08. The minimum Gasteiger partial charge on any atom is -0.429 e. The van der Waals surface area contributed by atoms with E-state index < -0.39 is 45.8 Å². The molecule has 0 unspecified atom stereocenters. The number of alkyl halides is 2. The Morgan fingerprint density at radius 2 is 1.27 bits per heavy atom. The average molecular weight is 456 g/mol. The van der Waals surface area contributed by atoms with Gasteiger partial charge in [-0.2, -0.15) is 8.78 Å². The number of fused-ring (bicyclic) bond motifs is 1. The standard InChI is InChI=1S/C27H21F5O/c1-14-11-15(2)23(16(3)12-14)18-5-7-19(8-6-18)27(31,32)33-20-9-10-21-22(13-20)26(30)25(29)17(4)24(21)28/h5-13H,1-4H3. The molecule has 0 saturated carbocycles. The molecule has 4 aromatic carbocycles. The van der Waals surface area contributed by atoms with Crippen molar-refractivity contribution < 1.29 is 26.7 Å². The molecule has 0 aromatic heterocycles. The first-order valence-corrected chi connectivity index (χ1v) is 10.3. The van der Waals surface area contributed by atoms with Crippen LogP contribution in [0.5, 0.6) is 5.75 Å². The van der Waals surface area contributed by atoms with Crippen LogP contribution >= 0.6 is 0 Å². The number of rotatable bonds is 4. The van der Waals surface area contributed by atoms with Crippen LogP contribution in [-0.4, -0.2) is 0 Å². The Labute approximate surface area is 188 Å². The van der Waals surface area contributed by atoms with Gasteiger partial charge in [-0.25, -0.2) is 13.2 Å². The predicted molar refractivity (Wildman–Crippen MR) is 119 cm³/mol. The molecule has 0 aliphatic rings. The first-order chi connectivity index (χ1) is 15.5. The number of hydrogen-bond donors (Lipinski definition) is 0. The fourth-order valence-corrected chi connectivity index (χ4v) is 4.21. The van der Waals surface area contributed by atoms with Crippen LogP contribution in [0.3, 0.4) is 0 Å². The van der Waals surface area contributed by atoms with Gasteiger partial charge < -0.3 is 4.74 Å². The van der Waals surface area contributed by atoms with E-state index >= 15 is 0 Å². The highest BCUT2D eigenvalue weighted by molar-refractivity contribution is 5.86. The van der Waals surface area contributed by atoms with Gasteiger partial charge in [0.2, 0.25) is 0 Å². The molecule has 6 heteroatoms. The van der Waals surface area contributed by atoms with Crippen molar-refractivity contribution >= 4 is 10.8 Å². The summed E-state index contributed by atoms with van der Waals surface area (Å²) >= 11 is 0. The van der Waals surface area contributed by atoms with Crippen LogP contribution in [0.25, 0.3) is 21.9 Å². The van der Waals surface area contributed by atoms with Gasteiger partial charge in [0.15, 0.2) is 11.6 Å². The summed E-state index contributed by atoms with van der Waals surface area (Å²) in [4.78, 5) is 0. The molecule has 4 aromatic rings. The molecule has 0 bridgehead atoms. The highest BCUT2D eigenvalue weighted by Gasteiger charge is 2.35. The van der Waals surface area contributed by atoms with E-state index in [1.807, 2.05) is 32.9 Å². The lowest BCUT2D eigenvalue weighted by Gasteiger charge is -2.20. The van der Waals surface area contributed by atoms with E-state index in [2.05, 4.69) is 0 Å². The van der Waals surface area contributed by atoms with Gasteiger partial charge in [0.25, 0.3) is 0 Å². The lowest BCUT2D eigenvalue weighted by molar-refractivity contribution is -0.185. The maximum atomic E-state index is 14.8. The van der Waals surface area contributed by atoms with Crippen LogP contribution in [0, 0.1) is 45.1 Å². The fourth-order valence-electron chi connectivity index (χ4n) is 4.21. The maximum Gasteiger partial charge on any atom is 0.426 e. The zero-order chi connectivity index (χ0) is 24.1. The average Bonchev–Trinajstić information content (AvgIpc) is 2.75. The van der Waals surface area contributed by atoms with Crippen molar-refractivity contribution in [2.45, 2.75) is 33.8 Å². The molecule has 0 radical (unpaired) electrons. The van der Waals surface area contributed by atoms with Gasteiger partial charge in [0.05, 0.1) is 5.56 Å². The molecule has 0 aliphatic heterocycles. The minimum absolute atomic E-state index is 0.213. The lowest BCUT2D eigenvalue weighted by Crippen LogP contribution is -2.21. The Hall–Kier alpha value is -3.41. The third kappa shape index (κ3) is 4.06. The van der Waals surface area contributed by atoms with E-state index in [1.165, 1.54) is 12.1 Å². The molecule has 0 saturated heterocycles. The van der Waals surface area contributed by atoms with Crippen LogP contribution in [0.1, 0.15) is 27.8 Å². The van der Waals surface area contributed by atoms with E-state index in [9.17, 15) is 22.0 Å². The van der Waals surface area contributed by atoms with E-state index in [1.54, 1.807) is 12.1 Å². The molecule has 33 heavy (non-hydrogen) atoms. The Balaban J connectivity index is 1.66. The molecular weight excluding hydrogens is 435 g/mol. The van der Waals surface area contributed by atoms with Crippen molar-refractivity contribution in [3.05, 3.63) is 99.9 Å². The van der Waals surface area contributed by atoms with Gasteiger partial charge in [0, 0.05) is 16.3 Å². The molecular formula is C27H21F5O. The minimum atomic E-state index is -3.75. The second kappa shape index (κ2) is 8.18. The molecule has 170 valence electrons.